The summed E-state index contributed by atoms with van der Waals surface area (Å²) in [5.74, 6) is 1.03. The smallest absolute Gasteiger partial charge is 0.198 e. The topological polar surface area (TPSA) is 47.0 Å². The molecule has 0 aliphatic rings. The van der Waals surface area contributed by atoms with Gasteiger partial charge in [-0.3, -0.25) is 0 Å². The maximum atomic E-state index is 5.96. The molecule has 1 aromatic heterocycles. The van der Waals surface area contributed by atoms with E-state index in [-0.39, 0.29) is 6.04 Å². The Morgan fingerprint density at radius 1 is 1.37 bits per heavy atom. The van der Waals surface area contributed by atoms with Crippen molar-refractivity contribution in [1.82, 2.24) is 9.97 Å². The third-order valence-electron chi connectivity index (χ3n) is 2.67. The molecule has 1 unspecified atom stereocenters. The highest BCUT2D eigenvalue weighted by atomic mass is 79.9. The van der Waals surface area contributed by atoms with Gasteiger partial charge in [0.2, 0.25) is 0 Å². The first-order valence-electron chi connectivity index (χ1n) is 5.68. The van der Waals surface area contributed by atoms with Gasteiger partial charge in [0.05, 0.1) is 13.2 Å². The van der Waals surface area contributed by atoms with Gasteiger partial charge in [0.25, 0.3) is 0 Å². The van der Waals surface area contributed by atoms with Crippen LogP contribution in [-0.2, 0) is 0 Å². The van der Waals surface area contributed by atoms with Crippen molar-refractivity contribution in [3.63, 3.8) is 0 Å². The Kier molecular flexibility index (Phi) is 4.61. The van der Waals surface area contributed by atoms with E-state index in [1.807, 2.05) is 31.2 Å². The van der Waals surface area contributed by atoms with E-state index in [9.17, 15) is 0 Å². The lowest BCUT2D eigenvalue weighted by atomic mass is 10.1. The van der Waals surface area contributed by atoms with Crippen LogP contribution in [-0.4, -0.2) is 17.1 Å². The highest BCUT2D eigenvalue weighted by Crippen LogP contribution is 2.31. The molecule has 19 heavy (non-hydrogen) atoms. The lowest BCUT2D eigenvalue weighted by Gasteiger charge is -2.17. The molecule has 0 fully saturated rings. The van der Waals surface area contributed by atoms with Crippen LogP contribution >= 0.6 is 27.5 Å². The van der Waals surface area contributed by atoms with Crippen molar-refractivity contribution in [2.75, 3.05) is 12.4 Å². The average molecular weight is 343 g/mol. The Hall–Kier alpha value is -1.33. The van der Waals surface area contributed by atoms with Crippen LogP contribution in [0.4, 0.5) is 5.82 Å². The maximum absolute atomic E-state index is 5.96. The Bertz CT molecular complexity index is 580. The molecule has 6 heteroatoms. The summed E-state index contributed by atoms with van der Waals surface area (Å²) in [6, 6.07) is 8.13. The van der Waals surface area contributed by atoms with E-state index in [2.05, 4.69) is 31.2 Å². The summed E-state index contributed by atoms with van der Waals surface area (Å²) in [4.78, 5) is 8.04. The van der Waals surface area contributed by atoms with Crippen LogP contribution in [0.5, 0.6) is 5.75 Å². The summed E-state index contributed by atoms with van der Waals surface area (Å²) in [7, 11) is 1.54. The Labute approximate surface area is 125 Å². The van der Waals surface area contributed by atoms with Crippen LogP contribution in [0.15, 0.2) is 35.1 Å². The largest absolute Gasteiger partial charge is 0.490 e. The summed E-state index contributed by atoms with van der Waals surface area (Å²) in [6.45, 7) is 2.04. The second-order valence-electron chi connectivity index (χ2n) is 3.97. The number of nitrogens with one attached hydrogen (secondary N) is 1. The standard InChI is InChI=1S/C13H13BrClN3O/c1-8(9-4-3-5-10(14)6-9)18-13-11(19-2)12(15)16-7-17-13/h3-8H,1-2H3,(H,16,17,18). The number of hydrogen-bond acceptors (Lipinski definition) is 4. The predicted molar refractivity (Wildman–Crippen MR) is 79.8 cm³/mol. The fourth-order valence-corrected chi connectivity index (χ4v) is 2.33. The summed E-state index contributed by atoms with van der Waals surface area (Å²) < 4.78 is 6.24. The van der Waals surface area contributed by atoms with Gasteiger partial charge in [-0.15, -0.1) is 0 Å². The van der Waals surface area contributed by atoms with Crippen LogP contribution in [0.3, 0.4) is 0 Å². The molecule has 1 aromatic carbocycles. The average Bonchev–Trinajstić information content (AvgIpc) is 2.39. The van der Waals surface area contributed by atoms with Crippen LogP contribution in [0, 0.1) is 0 Å². The minimum atomic E-state index is 0.0670. The summed E-state index contributed by atoms with van der Waals surface area (Å²) in [5.41, 5.74) is 1.13. The number of benzene rings is 1. The predicted octanol–water partition coefficient (Wildman–Crippen LogP) is 4.07. The lowest BCUT2D eigenvalue weighted by Crippen LogP contribution is -2.09. The molecule has 0 saturated heterocycles. The van der Waals surface area contributed by atoms with E-state index in [1.165, 1.54) is 6.33 Å². The molecule has 1 atom stereocenters. The fourth-order valence-electron chi connectivity index (χ4n) is 1.70. The number of halogens is 2. The molecular weight excluding hydrogens is 330 g/mol. The molecule has 0 bridgehead atoms. The maximum Gasteiger partial charge on any atom is 0.198 e. The first-order valence-corrected chi connectivity index (χ1v) is 6.85. The van der Waals surface area contributed by atoms with E-state index in [0.717, 1.165) is 10.0 Å². The van der Waals surface area contributed by atoms with E-state index in [4.69, 9.17) is 16.3 Å². The van der Waals surface area contributed by atoms with E-state index < -0.39 is 0 Å². The van der Waals surface area contributed by atoms with E-state index in [1.54, 1.807) is 7.11 Å². The van der Waals surface area contributed by atoms with Crippen molar-refractivity contribution in [2.45, 2.75) is 13.0 Å². The van der Waals surface area contributed by atoms with Crippen molar-refractivity contribution in [3.05, 3.63) is 45.8 Å². The van der Waals surface area contributed by atoms with Gasteiger partial charge in [-0.25, -0.2) is 9.97 Å². The highest BCUT2D eigenvalue weighted by Gasteiger charge is 2.13. The van der Waals surface area contributed by atoms with E-state index >= 15 is 0 Å². The van der Waals surface area contributed by atoms with Crippen molar-refractivity contribution in [2.24, 2.45) is 0 Å². The van der Waals surface area contributed by atoms with Crippen LogP contribution in [0.25, 0.3) is 0 Å². The first-order chi connectivity index (χ1) is 9.11. The molecule has 100 valence electrons. The Morgan fingerprint density at radius 3 is 2.84 bits per heavy atom. The van der Waals surface area contributed by atoms with Gasteiger partial charge in [0.1, 0.15) is 6.33 Å². The zero-order valence-electron chi connectivity index (χ0n) is 10.5. The molecule has 0 spiro atoms. The number of rotatable bonds is 4. The molecule has 0 saturated carbocycles. The zero-order valence-corrected chi connectivity index (χ0v) is 12.9. The minimum Gasteiger partial charge on any atom is -0.490 e. The minimum absolute atomic E-state index is 0.0670. The van der Waals surface area contributed by atoms with Crippen molar-refractivity contribution < 1.29 is 4.74 Å². The van der Waals surface area contributed by atoms with Crippen LogP contribution in [0.2, 0.25) is 5.15 Å². The third-order valence-corrected chi connectivity index (χ3v) is 3.43. The molecule has 2 rings (SSSR count). The quantitative estimate of drug-likeness (QED) is 0.851. The summed E-state index contributed by atoms with van der Waals surface area (Å²) in [6.07, 6.45) is 1.40. The molecule has 0 aliphatic carbocycles. The molecule has 1 N–H and O–H groups in total. The summed E-state index contributed by atoms with van der Waals surface area (Å²) in [5, 5.41) is 3.56. The van der Waals surface area contributed by atoms with Gasteiger partial charge in [0, 0.05) is 4.47 Å². The van der Waals surface area contributed by atoms with Crippen molar-refractivity contribution >= 4 is 33.3 Å². The number of ether oxygens (including phenoxy) is 1. The SMILES string of the molecule is COc1c(Cl)ncnc1NC(C)c1cccc(Br)c1. The number of methoxy groups -OCH3 is 1. The van der Waals surface area contributed by atoms with Crippen molar-refractivity contribution in [3.8, 4) is 5.75 Å². The first kappa shape index (κ1) is 14.1. The number of hydrogen-bond donors (Lipinski definition) is 1. The van der Waals surface area contributed by atoms with Gasteiger partial charge in [-0.05, 0) is 24.6 Å². The molecule has 0 aliphatic heterocycles. The van der Waals surface area contributed by atoms with Gasteiger partial charge < -0.3 is 10.1 Å². The molecule has 0 amide bonds. The van der Waals surface area contributed by atoms with Gasteiger partial charge >= 0.3 is 0 Å². The van der Waals surface area contributed by atoms with E-state index in [0.29, 0.717) is 16.7 Å². The molecule has 4 nitrogen and oxygen atoms in total. The van der Waals surface area contributed by atoms with Crippen molar-refractivity contribution in [1.29, 1.82) is 0 Å². The molecule has 1 heterocycles. The van der Waals surface area contributed by atoms with Crippen LogP contribution < -0.4 is 10.1 Å². The normalized spacial score (nSPS) is 12.0. The Balaban J connectivity index is 2.24. The lowest BCUT2D eigenvalue weighted by molar-refractivity contribution is 0.412. The molecule has 2 aromatic rings. The van der Waals surface area contributed by atoms with Gasteiger partial charge in [-0.1, -0.05) is 39.7 Å². The number of anilines is 1. The Morgan fingerprint density at radius 2 is 2.16 bits per heavy atom. The van der Waals surface area contributed by atoms with Crippen LogP contribution in [0.1, 0.15) is 18.5 Å². The highest BCUT2D eigenvalue weighted by molar-refractivity contribution is 9.10. The number of aromatic nitrogens is 2. The molecular formula is C13H13BrClN3O. The van der Waals surface area contributed by atoms with Gasteiger partial charge in [-0.2, -0.15) is 0 Å². The second-order valence-corrected chi connectivity index (χ2v) is 5.24. The third kappa shape index (κ3) is 3.36. The molecule has 0 radical (unpaired) electrons. The second kappa shape index (κ2) is 6.21. The zero-order chi connectivity index (χ0) is 13.8. The summed E-state index contributed by atoms with van der Waals surface area (Å²) >= 11 is 9.42. The van der Waals surface area contributed by atoms with Gasteiger partial charge in [0.15, 0.2) is 16.7 Å². The monoisotopic (exact) mass is 341 g/mol. The fraction of sp³-hybridized carbons (Fsp3) is 0.231. The number of nitrogens with zero attached hydrogens (tertiary/aromatic N) is 2.